The second-order valence-corrected chi connectivity index (χ2v) is 7.06. The van der Waals surface area contributed by atoms with Gasteiger partial charge in [0, 0.05) is 21.8 Å². The average Bonchev–Trinajstić information content (AvgIpc) is 3.11. The van der Waals surface area contributed by atoms with E-state index < -0.39 is 10.0 Å². The second kappa shape index (κ2) is 4.25. The van der Waals surface area contributed by atoms with Gasteiger partial charge in [-0.2, -0.15) is 9.19 Å². The van der Waals surface area contributed by atoms with E-state index in [1.807, 2.05) is 0 Å². The molecule has 2 aromatic rings. The van der Waals surface area contributed by atoms with E-state index in [-0.39, 0.29) is 5.25 Å². The van der Waals surface area contributed by atoms with Crippen molar-refractivity contribution in [3.8, 4) is 11.1 Å². The van der Waals surface area contributed by atoms with Crippen molar-refractivity contribution in [2.75, 3.05) is 5.73 Å². The molecule has 0 unspecified atom stereocenters. The first-order valence-electron chi connectivity index (χ1n) is 5.83. The van der Waals surface area contributed by atoms with Crippen LogP contribution in [-0.4, -0.2) is 22.9 Å². The van der Waals surface area contributed by atoms with E-state index in [4.69, 9.17) is 17.3 Å². The smallest absolute Gasteiger partial charge is 0.256 e. The number of nitrogens with zero attached hydrogens (tertiary/aromatic N) is 2. The van der Waals surface area contributed by atoms with Crippen molar-refractivity contribution in [2.24, 2.45) is 0 Å². The van der Waals surface area contributed by atoms with Crippen molar-refractivity contribution in [3.05, 3.63) is 35.6 Å². The van der Waals surface area contributed by atoms with Crippen molar-refractivity contribution in [3.63, 3.8) is 0 Å². The highest BCUT2D eigenvalue weighted by atomic mass is 35.5. The molecule has 2 N–H and O–H groups in total. The third-order valence-corrected chi connectivity index (χ3v) is 5.43. The lowest BCUT2D eigenvalue weighted by atomic mass is 10.1. The minimum atomic E-state index is -3.34. The van der Waals surface area contributed by atoms with Crippen LogP contribution in [0, 0.1) is 0 Å². The number of benzene rings is 1. The monoisotopic (exact) mass is 297 g/mol. The molecule has 1 aliphatic carbocycles. The fraction of sp³-hybridized carbons (Fsp3) is 0.250. The fourth-order valence-corrected chi connectivity index (χ4v) is 3.57. The Hall–Kier alpha value is -1.53. The van der Waals surface area contributed by atoms with Crippen LogP contribution in [0.25, 0.3) is 11.1 Å². The van der Waals surface area contributed by atoms with Gasteiger partial charge in [0.25, 0.3) is 10.0 Å². The summed E-state index contributed by atoms with van der Waals surface area (Å²) in [5.74, 6) is 0. The fourth-order valence-electron chi connectivity index (χ4n) is 1.87. The quantitative estimate of drug-likeness (QED) is 0.880. The third kappa shape index (κ3) is 2.21. The minimum Gasteiger partial charge on any atom is -0.399 e. The van der Waals surface area contributed by atoms with Crippen LogP contribution in [-0.2, 0) is 10.0 Å². The molecule has 0 amide bonds. The van der Waals surface area contributed by atoms with Crippen molar-refractivity contribution >= 4 is 27.3 Å². The molecule has 3 rings (SSSR count). The Morgan fingerprint density at radius 1 is 1.37 bits per heavy atom. The first-order valence-corrected chi connectivity index (χ1v) is 7.71. The highest BCUT2D eigenvalue weighted by Crippen LogP contribution is 2.32. The van der Waals surface area contributed by atoms with Gasteiger partial charge in [0.2, 0.25) is 0 Å². The molecular weight excluding hydrogens is 286 g/mol. The molecule has 0 saturated heterocycles. The first kappa shape index (κ1) is 12.5. The van der Waals surface area contributed by atoms with Gasteiger partial charge in [-0.3, -0.25) is 0 Å². The van der Waals surface area contributed by atoms with E-state index in [0.717, 1.165) is 4.09 Å². The molecule has 0 atom stereocenters. The first-order chi connectivity index (χ1) is 8.98. The topological polar surface area (TPSA) is 78.0 Å². The largest absolute Gasteiger partial charge is 0.399 e. The number of anilines is 1. The lowest BCUT2D eigenvalue weighted by Gasteiger charge is -2.03. The number of aromatic nitrogens is 2. The van der Waals surface area contributed by atoms with E-state index >= 15 is 0 Å². The standard InChI is InChI=1S/C12H12ClN3O2S/c13-12-4-1-9(14)5-11(12)8-6-15-16(7-8)19(17,18)10-2-3-10/h1,4-7,10H,2-3,14H2. The van der Waals surface area contributed by atoms with Crippen LogP contribution >= 0.6 is 11.6 Å². The summed E-state index contributed by atoms with van der Waals surface area (Å²) in [6, 6.07) is 5.07. The Kier molecular flexibility index (Phi) is 2.79. The number of hydrogen-bond donors (Lipinski definition) is 1. The maximum atomic E-state index is 12.0. The normalized spacial score (nSPS) is 15.6. The molecule has 100 valence electrons. The number of nitrogens with two attached hydrogens (primary N) is 1. The number of hydrogen-bond acceptors (Lipinski definition) is 4. The molecule has 0 radical (unpaired) electrons. The SMILES string of the molecule is Nc1ccc(Cl)c(-c2cnn(S(=O)(=O)C3CC3)c2)c1. The zero-order chi connectivity index (χ0) is 13.6. The number of nitrogen functional groups attached to an aromatic ring is 1. The third-order valence-electron chi connectivity index (χ3n) is 3.07. The van der Waals surface area contributed by atoms with Crippen LogP contribution in [0.4, 0.5) is 5.69 Å². The molecule has 1 heterocycles. The highest BCUT2D eigenvalue weighted by molar-refractivity contribution is 7.90. The molecule has 1 saturated carbocycles. The van der Waals surface area contributed by atoms with Gasteiger partial charge >= 0.3 is 0 Å². The van der Waals surface area contributed by atoms with Crippen molar-refractivity contribution < 1.29 is 8.42 Å². The average molecular weight is 298 g/mol. The van der Waals surface area contributed by atoms with Crippen LogP contribution in [0.2, 0.25) is 5.02 Å². The highest BCUT2D eigenvalue weighted by Gasteiger charge is 2.37. The summed E-state index contributed by atoms with van der Waals surface area (Å²) in [4.78, 5) is 0. The Labute approximate surface area is 116 Å². The molecule has 19 heavy (non-hydrogen) atoms. The second-order valence-electron chi connectivity index (χ2n) is 4.59. The van der Waals surface area contributed by atoms with Gasteiger partial charge in [0.1, 0.15) is 0 Å². The molecule has 1 aliphatic rings. The van der Waals surface area contributed by atoms with Gasteiger partial charge in [-0.05, 0) is 31.0 Å². The summed E-state index contributed by atoms with van der Waals surface area (Å²) < 4.78 is 25.1. The number of halogens is 1. The predicted molar refractivity (Wildman–Crippen MR) is 74.4 cm³/mol. The van der Waals surface area contributed by atoms with E-state index in [0.29, 0.717) is 34.7 Å². The lowest BCUT2D eigenvalue weighted by Crippen LogP contribution is -2.17. The van der Waals surface area contributed by atoms with E-state index in [1.165, 1.54) is 12.4 Å². The Balaban J connectivity index is 2.04. The summed E-state index contributed by atoms with van der Waals surface area (Å²) in [5.41, 5.74) is 7.60. The Morgan fingerprint density at radius 2 is 2.11 bits per heavy atom. The van der Waals surface area contributed by atoms with Crippen molar-refractivity contribution in [1.82, 2.24) is 9.19 Å². The molecule has 7 heteroatoms. The summed E-state index contributed by atoms with van der Waals surface area (Å²) in [5, 5.41) is 4.14. The summed E-state index contributed by atoms with van der Waals surface area (Å²) in [7, 11) is -3.34. The maximum Gasteiger partial charge on any atom is 0.256 e. The van der Waals surface area contributed by atoms with Gasteiger partial charge in [-0.15, -0.1) is 0 Å². The van der Waals surface area contributed by atoms with E-state index in [1.54, 1.807) is 18.2 Å². The predicted octanol–water partition coefficient (Wildman–Crippen LogP) is 2.13. The van der Waals surface area contributed by atoms with Gasteiger partial charge in [-0.25, -0.2) is 8.42 Å². The molecule has 1 fully saturated rings. The zero-order valence-electron chi connectivity index (χ0n) is 9.95. The van der Waals surface area contributed by atoms with Gasteiger partial charge in [0.05, 0.1) is 17.6 Å². The molecule has 1 aromatic carbocycles. The lowest BCUT2D eigenvalue weighted by molar-refractivity contribution is 0.578. The van der Waals surface area contributed by atoms with Gasteiger partial charge in [-0.1, -0.05) is 11.6 Å². The molecule has 0 aliphatic heterocycles. The van der Waals surface area contributed by atoms with E-state index in [9.17, 15) is 8.42 Å². The molecule has 0 spiro atoms. The van der Waals surface area contributed by atoms with Crippen molar-refractivity contribution in [2.45, 2.75) is 18.1 Å². The van der Waals surface area contributed by atoms with Crippen LogP contribution < -0.4 is 5.73 Å². The Bertz CT molecular complexity index is 735. The molecule has 1 aromatic heterocycles. The van der Waals surface area contributed by atoms with E-state index in [2.05, 4.69) is 5.10 Å². The minimum absolute atomic E-state index is 0.295. The van der Waals surface area contributed by atoms with Crippen LogP contribution in [0.3, 0.4) is 0 Å². The number of rotatable bonds is 3. The van der Waals surface area contributed by atoms with Gasteiger partial charge in [0.15, 0.2) is 0 Å². The molecule has 0 bridgehead atoms. The van der Waals surface area contributed by atoms with Gasteiger partial charge < -0.3 is 5.73 Å². The Morgan fingerprint density at radius 3 is 2.79 bits per heavy atom. The summed E-state index contributed by atoms with van der Waals surface area (Å²) in [6.45, 7) is 0. The molecular formula is C12H12ClN3O2S. The summed E-state index contributed by atoms with van der Waals surface area (Å²) in [6.07, 6.45) is 4.38. The maximum absolute atomic E-state index is 12.0. The summed E-state index contributed by atoms with van der Waals surface area (Å²) >= 11 is 6.09. The van der Waals surface area contributed by atoms with Crippen molar-refractivity contribution in [1.29, 1.82) is 0 Å². The molecule has 5 nitrogen and oxygen atoms in total. The zero-order valence-corrected chi connectivity index (χ0v) is 11.5. The van der Waals surface area contributed by atoms with Crippen LogP contribution in [0.5, 0.6) is 0 Å². The van der Waals surface area contributed by atoms with Crippen LogP contribution in [0.1, 0.15) is 12.8 Å². The van der Waals surface area contributed by atoms with Crippen LogP contribution in [0.15, 0.2) is 30.6 Å².